The Labute approximate surface area is 195 Å². The summed E-state index contributed by atoms with van der Waals surface area (Å²) in [7, 11) is 0. The Kier molecular flexibility index (Phi) is 8.15. The lowest BCUT2D eigenvalue weighted by molar-refractivity contribution is -0.196. The molecule has 8 nitrogen and oxygen atoms in total. The number of allylic oxidation sites excluding steroid dienone is 2. The Morgan fingerprint density at radius 2 is 1.85 bits per heavy atom. The topological polar surface area (TPSA) is 97.9 Å². The third-order valence-corrected chi connectivity index (χ3v) is 5.64. The number of nitrogens with zero attached hydrogens (tertiary/aromatic N) is 3. The third kappa shape index (κ3) is 6.48. The lowest BCUT2D eigenvalue weighted by Gasteiger charge is -2.37. The van der Waals surface area contributed by atoms with Gasteiger partial charge in [-0.3, -0.25) is 16.0 Å². The highest BCUT2D eigenvalue weighted by atomic mass is 19.4. The molecule has 2 heterocycles. The van der Waals surface area contributed by atoms with Crippen LogP contribution in [0.5, 0.6) is 0 Å². The molecule has 34 heavy (non-hydrogen) atoms. The van der Waals surface area contributed by atoms with Crippen molar-refractivity contribution in [1.29, 1.82) is 5.41 Å². The molecule has 0 aromatic heterocycles. The van der Waals surface area contributed by atoms with Crippen LogP contribution in [-0.2, 0) is 4.74 Å². The lowest BCUT2D eigenvalue weighted by Crippen LogP contribution is -2.53. The lowest BCUT2D eigenvalue weighted by atomic mass is 10.1. The van der Waals surface area contributed by atoms with Gasteiger partial charge in [0.1, 0.15) is 5.82 Å². The average molecular weight is 484 g/mol. The molecule has 1 aromatic carbocycles. The van der Waals surface area contributed by atoms with E-state index in [9.17, 15) is 22.4 Å². The molecule has 4 N–H and O–H groups in total. The fourth-order valence-corrected chi connectivity index (χ4v) is 3.55. The smallest absolute Gasteiger partial charge is 0.439 e. The first-order chi connectivity index (χ1) is 16.1. The highest BCUT2D eigenvalue weighted by Crippen LogP contribution is 2.22. The van der Waals surface area contributed by atoms with E-state index in [-0.39, 0.29) is 24.7 Å². The Hall–Kier alpha value is -3.12. The van der Waals surface area contributed by atoms with Gasteiger partial charge >= 0.3 is 12.2 Å². The zero-order chi connectivity index (χ0) is 24.9. The molecule has 0 spiro atoms. The maximum Gasteiger partial charge on any atom is 0.439 e. The Balaban J connectivity index is 1.73. The van der Waals surface area contributed by atoms with Crippen LogP contribution >= 0.6 is 0 Å². The van der Waals surface area contributed by atoms with Gasteiger partial charge in [-0.1, -0.05) is 13.0 Å². The number of ether oxygens (including phenoxy) is 1. The summed E-state index contributed by atoms with van der Waals surface area (Å²) in [6, 6.07) is 5.35. The molecule has 186 valence electrons. The number of piperazine rings is 1. The number of anilines is 1. The zero-order valence-electron chi connectivity index (χ0n) is 18.7. The van der Waals surface area contributed by atoms with Crippen molar-refractivity contribution in [2.75, 3.05) is 50.7 Å². The van der Waals surface area contributed by atoms with Gasteiger partial charge in [-0.05, 0) is 36.9 Å². The highest BCUT2D eigenvalue weighted by molar-refractivity contribution is 5.93. The van der Waals surface area contributed by atoms with E-state index in [2.05, 4.69) is 21.9 Å². The highest BCUT2D eigenvalue weighted by Gasteiger charge is 2.40. The number of carbonyl (C=O) groups excluding carboxylic acids is 1. The molecule has 0 bridgehead atoms. The predicted molar refractivity (Wildman–Crippen MR) is 120 cm³/mol. The molecular weight excluding hydrogens is 456 g/mol. The van der Waals surface area contributed by atoms with Crippen molar-refractivity contribution in [2.24, 2.45) is 5.73 Å². The molecule has 1 aromatic rings. The van der Waals surface area contributed by atoms with Crippen LogP contribution in [0.2, 0.25) is 0 Å². The molecule has 1 unspecified atom stereocenters. The first kappa shape index (κ1) is 25.5. The monoisotopic (exact) mass is 484 g/mol. The quantitative estimate of drug-likeness (QED) is 0.250. The van der Waals surface area contributed by atoms with E-state index in [0.29, 0.717) is 24.5 Å². The van der Waals surface area contributed by atoms with E-state index in [0.717, 1.165) is 19.6 Å². The maximum absolute atomic E-state index is 13.5. The molecule has 1 saturated heterocycles. The minimum atomic E-state index is -4.78. The summed E-state index contributed by atoms with van der Waals surface area (Å²) in [5, 5.41) is 10.7. The maximum atomic E-state index is 13.5. The number of benzene rings is 1. The van der Waals surface area contributed by atoms with Gasteiger partial charge in [0.05, 0.1) is 6.54 Å². The first-order valence-electron chi connectivity index (χ1n) is 10.8. The van der Waals surface area contributed by atoms with Gasteiger partial charge in [0, 0.05) is 49.7 Å². The zero-order valence-corrected chi connectivity index (χ0v) is 18.7. The fraction of sp³-hybridized carbons (Fsp3) is 0.455. The van der Waals surface area contributed by atoms with Crippen molar-refractivity contribution in [3.8, 4) is 0 Å². The van der Waals surface area contributed by atoms with E-state index in [1.165, 1.54) is 35.2 Å². The van der Waals surface area contributed by atoms with Gasteiger partial charge in [-0.15, -0.1) is 0 Å². The van der Waals surface area contributed by atoms with Crippen LogP contribution in [-0.4, -0.2) is 79.9 Å². The molecule has 2 amide bonds. The summed E-state index contributed by atoms with van der Waals surface area (Å²) in [6.07, 6.45) is -4.36. The van der Waals surface area contributed by atoms with Crippen LogP contribution in [0.1, 0.15) is 6.92 Å². The number of halogens is 4. The summed E-state index contributed by atoms with van der Waals surface area (Å²) >= 11 is 0. The average Bonchev–Trinajstić information content (AvgIpc) is 2.82. The number of urea groups is 1. The van der Waals surface area contributed by atoms with Crippen molar-refractivity contribution < 1.29 is 27.1 Å². The molecule has 2 aliphatic heterocycles. The summed E-state index contributed by atoms with van der Waals surface area (Å²) in [4.78, 5) is 18.8. The second-order valence-corrected chi connectivity index (χ2v) is 7.91. The molecule has 3 rings (SSSR count). The first-order valence-corrected chi connectivity index (χ1v) is 10.8. The third-order valence-electron chi connectivity index (χ3n) is 5.64. The van der Waals surface area contributed by atoms with Gasteiger partial charge in [0.2, 0.25) is 12.1 Å². The van der Waals surface area contributed by atoms with Crippen molar-refractivity contribution in [1.82, 2.24) is 15.1 Å². The number of dihydropyridines is 1. The number of hydrogen-bond donors (Lipinski definition) is 3. The molecule has 0 aliphatic carbocycles. The second-order valence-electron chi connectivity index (χ2n) is 7.91. The number of alkyl halides is 3. The van der Waals surface area contributed by atoms with E-state index < -0.39 is 24.1 Å². The van der Waals surface area contributed by atoms with E-state index in [4.69, 9.17) is 11.1 Å². The van der Waals surface area contributed by atoms with E-state index in [1.807, 2.05) is 0 Å². The minimum Gasteiger partial charge on any atom is -0.449 e. The Morgan fingerprint density at radius 3 is 2.38 bits per heavy atom. The minimum absolute atomic E-state index is 0.0237. The summed E-state index contributed by atoms with van der Waals surface area (Å²) in [5.74, 6) is -1.11. The van der Waals surface area contributed by atoms with Crippen molar-refractivity contribution in [3.63, 3.8) is 0 Å². The van der Waals surface area contributed by atoms with Crippen LogP contribution in [0.3, 0.4) is 0 Å². The van der Waals surface area contributed by atoms with Gasteiger partial charge in [-0.2, -0.15) is 13.2 Å². The molecule has 1 fully saturated rings. The fourth-order valence-electron chi connectivity index (χ4n) is 3.55. The van der Waals surface area contributed by atoms with Crippen LogP contribution in [0, 0.1) is 11.2 Å². The number of nitrogens with one attached hydrogen (secondary N) is 2. The Morgan fingerprint density at radius 1 is 1.21 bits per heavy atom. The number of rotatable bonds is 6. The normalized spacial score (nSPS) is 17.9. The van der Waals surface area contributed by atoms with Gasteiger partial charge in [0.15, 0.2) is 0 Å². The number of carbonyl (C=O) groups is 1. The van der Waals surface area contributed by atoms with Crippen LogP contribution < -0.4 is 16.0 Å². The molecular formula is C22H28F4N6O2. The van der Waals surface area contributed by atoms with Crippen LogP contribution in [0.4, 0.5) is 28.0 Å². The Bertz CT molecular complexity index is 940. The van der Waals surface area contributed by atoms with Crippen molar-refractivity contribution >= 4 is 17.6 Å². The molecule has 12 heteroatoms. The van der Waals surface area contributed by atoms with Crippen molar-refractivity contribution in [3.05, 3.63) is 53.5 Å². The largest absolute Gasteiger partial charge is 0.449 e. The van der Waals surface area contributed by atoms with E-state index >= 15 is 0 Å². The number of hydrogen-bond acceptors (Lipinski definition) is 6. The van der Waals surface area contributed by atoms with Gasteiger partial charge in [0.25, 0.3) is 0 Å². The standard InChI is InChI=1S/C22H28F4N6O2/c1-2-30-9-11-31(12-10-30)21(33)32(18-7-4-16(23)5-8-18)14-17-6-3-15(13-29-17)19(27)34-20(28)22(24,25)26/h3-8,20,27,29H,2,9-14,28H2,1H3. The number of likely N-dealkylation sites (N-methyl/N-ethyl adjacent to an activating group) is 1. The second kappa shape index (κ2) is 10.9. The SMILES string of the molecule is CCN1CCN(C(=O)N(CC2=CC=C(C(=N)OC(N)C(F)(F)F)CN2)c2ccc(F)cc2)CC1. The van der Waals surface area contributed by atoms with E-state index in [1.54, 1.807) is 11.0 Å². The summed E-state index contributed by atoms with van der Waals surface area (Å²) in [5.41, 5.74) is 6.21. The summed E-state index contributed by atoms with van der Waals surface area (Å²) < 4.78 is 55.7. The molecule has 0 radical (unpaired) electrons. The van der Waals surface area contributed by atoms with Crippen LogP contribution in [0.25, 0.3) is 0 Å². The summed E-state index contributed by atoms with van der Waals surface area (Å²) in [6.45, 7) is 5.76. The van der Waals surface area contributed by atoms with Crippen molar-refractivity contribution in [2.45, 2.75) is 19.3 Å². The number of nitrogens with two attached hydrogens (primary N) is 1. The molecule has 2 aliphatic rings. The van der Waals surface area contributed by atoms with Crippen LogP contribution in [0.15, 0.2) is 47.7 Å². The number of amides is 2. The molecule has 0 saturated carbocycles. The molecule has 1 atom stereocenters. The van der Waals surface area contributed by atoms with Gasteiger partial charge < -0.3 is 19.9 Å². The van der Waals surface area contributed by atoms with Gasteiger partial charge in [-0.25, -0.2) is 9.18 Å². The predicted octanol–water partition coefficient (Wildman–Crippen LogP) is 2.64.